The lowest BCUT2D eigenvalue weighted by Gasteiger charge is -2.11. The number of hydrogen-bond donors (Lipinski definition) is 1. The zero-order valence-electron chi connectivity index (χ0n) is 21.0. The third kappa shape index (κ3) is 6.10. The van der Waals surface area contributed by atoms with Gasteiger partial charge in [-0.3, -0.25) is 9.36 Å². The molecule has 0 radical (unpaired) electrons. The van der Waals surface area contributed by atoms with E-state index in [1.807, 2.05) is 72.2 Å². The molecule has 0 atom stereocenters. The summed E-state index contributed by atoms with van der Waals surface area (Å²) in [6.45, 7) is 2.03. The van der Waals surface area contributed by atoms with E-state index in [0.29, 0.717) is 28.0 Å². The molecule has 1 amide bonds. The lowest BCUT2D eigenvalue weighted by Crippen LogP contribution is -2.20. The highest BCUT2D eigenvalue weighted by molar-refractivity contribution is 7.99. The smallest absolute Gasteiger partial charge is 0.250 e. The van der Waals surface area contributed by atoms with Crippen LogP contribution < -0.4 is 19.6 Å². The van der Waals surface area contributed by atoms with Crippen LogP contribution in [-0.4, -0.2) is 54.0 Å². The van der Waals surface area contributed by atoms with Crippen LogP contribution in [0.2, 0.25) is 0 Å². The summed E-state index contributed by atoms with van der Waals surface area (Å²) < 4.78 is 17.9. The highest BCUT2D eigenvalue weighted by atomic mass is 32.2. The third-order valence-electron chi connectivity index (χ3n) is 5.43. The average Bonchev–Trinajstić information content (AvgIpc) is 3.36. The molecule has 4 aromatic rings. The summed E-state index contributed by atoms with van der Waals surface area (Å²) >= 11 is 1.27. The van der Waals surface area contributed by atoms with Gasteiger partial charge in [0, 0.05) is 16.8 Å². The minimum Gasteiger partial charge on any atom is -0.497 e. The first-order valence-corrected chi connectivity index (χ1v) is 12.3. The predicted octanol–water partition coefficient (Wildman–Crippen LogP) is 4.51. The summed E-state index contributed by atoms with van der Waals surface area (Å²) in [4.78, 5) is 12.6. The fourth-order valence-electron chi connectivity index (χ4n) is 3.57. The van der Waals surface area contributed by atoms with Crippen molar-refractivity contribution in [2.24, 2.45) is 5.10 Å². The highest BCUT2D eigenvalue weighted by Crippen LogP contribution is 2.30. The summed E-state index contributed by atoms with van der Waals surface area (Å²) in [5.41, 5.74) is 6.15. The molecule has 1 N–H and O–H groups in total. The van der Waals surface area contributed by atoms with Gasteiger partial charge in [0.15, 0.2) is 22.5 Å². The van der Waals surface area contributed by atoms with Crippen LogP contribution in [0.25, 0.3) is 17.1 Å². The van der Waals surface area contributed by atoms with Crippen molar-refractivity contribution in [3.05, 3.63) is 77.9 Å². The summed E-state index contributed by atoms with van der Waals surface area (Å²) in [5, 5.41) is 13.4. The Hall–Kier alpha value is -4.31. The molecule has 37 heavy (non-hydrogen) atoms. The molecular weight excluding hydrogens is 490 g/mol. The van der Waals surface area contributed by atoms with Crippen molar-refractivity contribution in [2.45, 2.75) is 12.1 Å². The summed E-state index contributed by atoms with van der Waals surface area (Å²) in [6, 6.07) is 21.1. The molecule has 1 heterocycles. The van der Waals surface area contributed by atoms with Gasteiger partial charge in [-0.05, 0) is 43.3 Å². The standard InChI is InChI=1S/C27H27N5O4S/c1-18-8-10-19(11-9-18)26-30-31-27(32(26)21-12-14-22(34-2)15-13-21)37-17-24(33)29-28-16-20-6-5-7-23(35-3)25(20)36-4/h5-16H,17H2,1-4H3,(H,29,33)/b28-16+. The number of nitrogens with one attached hydrogen (secondary N) is 1. The maximum atomic E-state index is 12.6. The van der Waals surface area contributed by atoms with E-state index < -0.39 is 0 Å². The third-order valence-corrected chi connectivity index (χ3v) is 6.36. The monoisotopic (exact) mass is 517 g/mol. The van der Waals surface area contributed by atoms with Gasteiger partial charge >= 0.3 is 0 Å². The minimum atomic E-state index is -0.288. The van der Waals surface area contributed by atoms with Crippen molar-refractivity contribution in [2.75, 3.05) is 27.1 Å². The zero-order chi connectivity index (χ0) is 26.2. The molecule has 0 saturated carbocycles. The topological polar surface area (TPSA) is 99.9 Å². The number of hydrogen-bond acceptors (Lipinski definition) is 8. The number of ether oxygens (including phenoxy) is 3. The Balaban J connectivity index is 1.51. The summed E-state index contributed by atoms with van der Waals surface area (Å²) in [6.07, 6.45) is 1.51. The number of rotatable bonds is 10. The zero-order valence-corrected chi connectivity index (χ0v) is 21.8. The van der Waals surface area contributed by atoms with Crippen LogP contribution in [-0.2, 0) is 4.79 Å². The average molecular weight is 518 g/mol. The Morgan fingerprint density at radius 3 is 2.41 bits per heavy atom. The first kappa shape index (κ1) is 25.8. The number of aryl methyl sites for hydroxylation is 1. The Labute approximate surface area is 219 Å². The fourth-order valence-corrected chi connectivity index (χ4v) is 4.31. The van der Waals surface area contributed by atoms with Gasteiger partial charge in [0.25, 0.3) is 5.91 Å². The molecule has 1 aromatic heterocycles. The number of methoxy groups -OCH3 is 3. The van der Waals surface area contributed by atoms with Gasteiger partial charge < -0.3 is 14.2 Å². The lowest BCUT2D eigenvalue weighted by atomic mass is 10.1. The van der Waals surface area contributed by atoms with Crippen molar-refractivity contribution in [3.63, 3.8) is 0 Å². The second kappa shape index (κ2) is 12.1. The number of thioether (sulfide) groups is 1. The van der Waals surface area contributed by atoms with Crippen LogP contribution >= 0.6 is 11.8 Å². The highest BCUT2D eigenvalue weighted by Gasteiger charge is 2.17. The van der Waals surface area contributed by atoms with E-state index in [2.05, 4.69) is 20.7 Å². The van der Waals surface area contributed by atoms with Crippen LogP contribution in [0.1, 0.15) is 11.1 Å². The van der Waals surface area contributed by atoms with E-state index in [-0.39, 0.29) is 11.7 Å². The molecule has 0 fully saturated rings. The summed E-state index contributed by atoms with van der Waals surface area (Å²) in [5.74, 6) is 2.34. The number of aromatic nitrogens is 3. The Bertz CT molecular complexity index is 1390. The molecule has 9 nitrogen and oxygen atoms in total. The number of benzene rings is 3. The largest absolute Gasteiger partial charge is 0.497 e. The van der Waals surface area contributed by atoms with E-state index in [4.69, 9.17) is 14.2 Å². The number of carbonyl (C=O) groups excluding carboxylic acids is 1. The number of carbonyl (C=O) groups is 1. The van der Waals surface area contributed by atoms with Gasteiger partial charge in [0.2, 0.25) is 0 Å². The van der Waals surface area contributed by atoms with E-state index >= 15 is 0 Å². The lowest BCUT2D eigenvalue weighted by molar-refractivity contribution is -0.118. The SMILES string of the molecule is COc1ccc(-n2c(SCC(=O)N/N=C/c3cccc(OC)c3OC)nnc2-c2ccc(C)cc2)cc1. The number of amides is 1. The molecule has 190 valence electrons. The van der Waals surface area contributed by atoms with Gasteiger partial charge in [-0.25, -0.2) is 5.43 Å². The van der Waals surface area contributed by atoms with Crippen LogP contribution in [0.5, 0.6) is 17.2 Å². The van der Waals surface area contributed by atoms with Crippen LogP contribution in [0, 0.1) is 6.92 Å². The van der Waals surface area contributed by atoms with Crippen molar-refractivity contribution in [3.8, 4) is 34.3 Å². The summed E-state index contributed by atoms with van der Waals surface area (Å²) in [7, 11) is 4.74. The van der Waals surface area contributed by atoms with Crippen LogP contribution in [0.15, 0.2) is 77.0 Å². The number of hydrazone groups is 1. The first-order chi connectivity index (χ1) is 18.0. The second-order valence-electron chi connectivity index (χ2n) is 7.87. The van der Waals surface area contributed by atoms with E-state index in [1.165, 1.54) is 18.0 Å². The van der Waals surface area contributed by atoms with Gasteiger partial charge in [-0.15, -0.1) is 10.2 Å². The molecule has 0 aliphatic carbocycles. The van der Waals surface area contributed by atoms with Gasteiger partial charge in [0.1, 0.15) is 5.75 Å². The molecule has 0 aliphatic heterocycles. The Kier molecular flexibility index (Phi) is 8.42. The van der Waals surface area contributed by atoms with Gasteiger partial charge in [-0.2, -0.15) is 5.10 Å². The van der Waals surface area contributed by atoms with Crippen LogP contribution in [0.3, 0.4) is 0 Å². The Morgan fingerprint density at radius 2 is 1.73 bits per heavy atom. The predicted molar refractivity (Wildman–Crippen MR) is 144 cm³/mol. The molecular formula is C27H27N5O4S. The maximum absolute atomic E-state index is 12.6. The van der Waals surface area contributed by atoms with E-state index in [9.17, 15) is 4.79 Å². The quantitative estimate of drug-likeness (QED) is 0.188. The molecule has 4 rings (SSSR count). The molecule has 0 bridgehead atoms. The van der Waals surface area contributed by atoms with E-state index in [1.54, 1.807) is 27.4 Å². The van der Waals surface area contributed by atoms with E-state index in [0.717, 1.165) is 22.6 Å². The van der Waals surface area contributed by atoms with Crippen molar-refractivity contribution >= 4 is 23.9 Å². The molecule has 0 spiro atoms. The van der Waals surface area contributed by atoms with Gasteiger partial charge in [0.05, 0.1) is 33.3 Å². The van der Waals surface area contributed by atoms with Crippen molar-refractivity contribution < 1.29 is 19.0 Å². The Morgan fingerprint density at radius 1 is 0.973 bits per heavy atom. The van der Waals surface area contributed by atoms with Crippen LogP contribution in [0.4, 0.5) is 0 Å². The fraction of sp³-hybridized carbons (Fsp3) is 0.185. The molecule has 3 aromatic carbocycles. The molecule has 10 heteroatoms. The molecule has 0 unspecified atom stereocenters. The minimum absolute atomic E-state index is 0.0920. The molecule has 0 saturated heterocycles. The van der Waals surface area contributed by atoms with Gasteiger partial charge in [-0.1, -0.05) is 47.7 Å². The van der Waals surface area contributed by atoms with Crippen molar-refractivity contribution in [1.29, 1.82) is 0 Å². The molecule has 0 aliphatic rings. The number of para-hydroxylation sites is 1. The normalized spacial score (nSPS) is 10.9. The first-order valence-electron chi connectivity index (χ1n) is 11.4. The number of nitrogens with zero attached hydrogens (tertiary/aromatic N) is 4. The van der Waals surface area contributed by atoms with Crippen molar-refractivity contribution in [1.82, 2.24) is 20.2 Å². The second-order valence-corrected chi connectivity index (χ2v) is 8.81. The maximum Gasteiger partial charge on any atom is 0.250 e.